The lowest BCUT2D eigenvalue weighted by molar-refractivity contribution is -0.147. The first-order valence-electron chi connectivity index (χ1n) is 9.32. The Morgan fingerprint density at radius 2 is 1.93 bits per heavy atom. The number of nitrogens with zero attached hydrogens (tertiary/aromatic N) is 2. The average molecular weight is 421 g/mol. The second kappa shape index (κ2) is 11.2. The molecule has 2 N–H and O–H groups in total. The van der Waals surface area contributed by atoms with E-state index in [9.17, 15) is 14.4 Å². The van der Waals surface area contributed by atoms with Gasteiger partial charge in [0.05, 0.1) is 12.7 Å². The van der Waals surface area contributed by atoms with E-state index in [0.717, 1.165) is 12.0 Å². The highest BCUT2D eigenvalue weighted by Crippen LogP contribution is 2.18. The standard InChI is InChI=1S/C20H25ClN4O4/c1-14(2)7-8-18(26)22-11-20(28)29-13-19(27)24-17-9-10-23-25(17)12-15-5-3-4-6-16(15)21/h3-6,9-10,14H,7-8,11-13H2,1-2H3,(H,22,26)(H,24,27). The molecule has 0 bridgehead atoms. The van der Waals surface area contributed by atoms with Crippen molar-refractivity contribution in [1.82, 2.24) is 15.1 Å². The van der Waals surface area contributed by atoms with Crippen LogP contribution in [-0.2, 0) is 25.7 Å². The van der Waals surface area contributed by atoms with Crippen molar-refractivity contribution in [2.75, 3.05) is 18.5 Å². The van der Waals surface area contributed by atoms with Crippen LogP contribution in [0.15, 0.2) is 36.5 Å². The van der Waals surface area contributed by atoms with Gasteiger partial charge in [-0.05, 0) is 24.0 Å². The van der Waals surface area contributed by atoms with Gasteiger partial charge in [-0.25, -0.2) is 4.68 Å². The Hall–Kier alpha value is -2.87. The molecule has 1 aromatic carbocycles. The lowest BCUT2D eigenvalue weighted by Gasteiger charge is -2.11. The molecule has 2 rings (SSSR count). The van der Waals surface area contributed by atoms with E-state index in [4.69, 9.17) is 16.3 Å². The summed E-state index contributed by atoms with van der Waals surface area (Å²) in [5.74, 6) is -0.549. The van der Waals surface area contributed by atoms with E-state index in [-0.39, 0.29) is 12.5 Å². The number of esters is 1. The number of hydrogen-bond donors (Lipinski definition) is 2. The molecule has 0 radical (unpaired) electrons. The van der Waals surface area contributed by atoms with Crippen molar-refractivity contribution >= 4 is 35.2 Å². The summed E-state index contributed by atoms with van der Waals surface area (Å²) in [6.45, 7) is 3.68. The number of nitrogens with one attached hydrogen (secondary N) is 2. The van der Waals surface area contributed by atoms with Gasteiger partial charge in [0.15, 0.2) is 6.61 Å². The number of ether oxygens (including phenoxy) is 1. The molecule has 29 heavy (non-hydrogen) atoms. The third-order valence-electron chi connectivity index (χ3n) is 4.00. The van der Waals surface area contributed by atoms with Gasteiger partial charge in [0.25, 0.3) is 5.91 Å². The topological polar surface area (TPSA) is 102 Å². The number of halogens is 1. The second-order valence-electron chi connectivity index (χ2n) is 6.88. The summed E-state index contributed by atoms with van der Waals surface area (Å²) in [5, 5.41) is 9.88. The van der Waals surface area contributed by atoms with E-state index in [2.05, 4.69) is 15.7 Å². The summed E-state index contributed by atoms with van der Waals surface area (Å²) in [6.07, 6.45) is 2.64. The first kappa shape index (κ1) is 22.4. The van der Waals surface area contributed by atoms with Crippen molar-refractivity contribution in [1.29, 1.82) is 0 Å². The summed E-state index contributed by atoms with van der Waals surface area (Å²) in [6, 6.07) is 8.97. The van der Waals surface area contributed by atoms with Crippen LogP contribution >= 0.6 is 11.6 Å². The molecule has 0 aliphatic rings. The van der Waals surface area contributed by atoms with E-state index in [1.165, 1.54) is 0 Å². The van der Waals surface area contributed by atoms with Gasteiger partial charge in [-0.2, -0.15) is 5.10 Å². The molecule has 0 aliphatic carbocycles. The van der Waals surface area contributed by atoms with Crippen LogP contribution in [0.1, 0.15) is 32.3 Å². The van der Waals surface area contributed by atoms with Crippen molar-refractivity contribution in [2.45, 2.75) is 33.2 Å². The molecule has 9 heteroatoms. The molecule has 2 amide bonds. The zero-order chi connectivity index (χ0) is 21.2. The fraction of sp³-hybridized carbons (Fsp3) is 0.400. The van der Waals surface area contributed by atoms with E-state index in [1.807, 2.05) is 32.0 Å². The van der Waals surface area contributed by atoms with Crippen LogP contribution in [0.25, 0.3) is 0 Å². The third kappa shape index (κ3) is 7.95. The van der Waals surface area contributed by atoms with Gasteiger partial charge in [0.2, 0.25) is 5.91 Å². The number of amides is 2. The van der Waals surface area contributed by atoms with Crippen molar-refractivity contribution in [3.63, 3.8) is 0 Å². The van der Waals surface area contributed by atoms with Gasteiger partial charge in [-0.15, -0.1) is 0 Å². The molecular formula is C20H25ClN4O4. The normalized spacial score (nSPS) is 10.6. The molecule has 0 saturated heterocycles. The maximum Gasteiger partial charge on any atom is 0.325 e. The summed E-state index contributed by atoms with van der Waals surface area (Å²) >= 11 is 6.15. The van der Waals surface area contributed by atoms with Crippen LogP contribution < -0.4 is 10.6 Å². The van der Waals surface area contributed by atoms with Crippen molar-refractivity contribution in [3.05, 3.63) is 47.1 Å². The molecule has 0 saturated carbocycles. The van der Waals surface area contributed by atoms with Crippen LogP contribution in [0.3, 0.4) is 0 Å². The molecule has 0 fully saturated rings. The predicted octanol–water partition coefficient (Wildman–Crippen LogP) is 2.62. The van der Waals surface area contributed by atoms with Crippen LogP contribution in [0.2, 0.25) is 5.02 Å². The summed E-state index contributed by atoms with van der Waals surface area (Å²) < 4.78 is 6.47. The molecule has 8 nitrogen and oxygen atoms in total. The summed E-state index contributed by atoms with van der Waals surface area (Å²) in [4.78, 5) is 35.3. The Labute approximate surface area is 174 Å². The molecule has 0 atom stereocenters. The van der Waals surface area contributed by atoms with Gasteiger partial charge < -0.3 is 15.4 Å². The number of anilines is 1. The Morgan fingerprint density at radius 3 is 2.66 bits per heavy atom. The Bertz CT molecular complexity index is 851. The lowest BCUT2D eigenvalue weighted by Crippen LogP contribution is -2.32. The first-order chi connectivity index (χ1) is 13.8. The van der Waals surface area contributed by atoms with E-state index < -0.39 is 18.5 Å². The zero-order valence-electron chi connectivity index (χ0n) is 16.5. The highest BCUT2D eigenvalue weighted by molar-refractivity contribution is 6.31. The quantitative estimate of drug-likeness (QED) is 0.575. The molecule has 1 heterocycles. The number of benzene rings is 1. The number of carbonyl (C=O) groups excluding carboxylic acids is 3. The number of carbonyl (C=O) groups is 3. The minimum absolute atomic E-state index is 0.219. The fourth-order valence-electron chi connectivity index (χ4n) is 2.41. The van der Waals surface area contributed by atoms with E-state index in [1.54, 1.807) is 23.0 Å². The molecule has 1 aromatic heterocycles. The largest absolute Gasteiger partial charge is 0.454 e. The first-order valence-corrected chi connectivity index (χ1v) is 9.70. The third-order valence-corrected chi connectivity index (χ3v) is 4.37. The predicted molar refractivity (Wildman–Crippen MR) is 109 cm³/mol. The second-order valence-corrected chi connectivity index (χ2v) is 7.29. The minimum Gasteiger partial charge on any atom is -0.454 e. The van der Waals surface area contributed by atoms with Crippen LogP contribution in [0.5, 0.6) is 0 Å². The maximum atomic E-state index is 12.1. The molecule has 2 aromatic rings. The fourth-order valence-corrected chi connectivity index (χ4v) is 2.60. The monoisotopic (exact) mass is 420 g/mol. The Balaban J connectivity index is 1.76. The average Bonchev–Trinajstić information content (AvgIpc) is 3.11. The van der Waals surface area contributed by atoms with Gasteiger partial charge in [0, 0.05) is 17.5 Å². The van der Waals surface area contributed by atoms with Gasteiger partial charge in [-0.3, -0.25) is 14.4 Å². The molecule has 0 aliphatic heterocycles. The SMILES string of the molecule is CC(C)CCC(=O)NCC(=O)OCC(=O)Nc1ccnn1Cc1ccccc1Cl. The van der Waals surface area contributed by atoms with E-state index >= 15 is 0 Å². The molecule has 0 unspecified atom stereocenters. The van der Waals surface area contributed by atoms with Gasteiger partial charge in [-0.1, -0.05) is 43.6 Å². The Morgan fingerprint density at radius 1 is 1.17 bits per heavy atom. The van der Waals surface area contributed by atoms with Gasteiger partial charge >= 0.3 is 5.97 Å². The summed E-state index contributed by atoms with van der Waals surface area (Å²) in [7, 11) is 0. The molecule has 0 spiro atoms. The van der Waals surface area contributed by atoms with Crippen LogP contribution in [0, 0.1) is 5.92 Å². The zero-order valence-corrected chi connectivity index (χ0v) is 17.2. The highest BCUT2D eigenvalue weighted by atomic mass is 35.5. The van der Waals surface area contributed by atoms with Crippen LogP contribution in [0.4, 0.5) is 5.82 Å². The van der Waals surface area contributed by atoms with Gasteiger partial charge in [0.1, 0.15) is 12.4 Å². The van der Waals surface area contributed by atoms with E-state index in [0.29, 0.717) is 29.7 Å². The van der Waals surface area contributed by atoms with Crippen molar-refractivity contribution in [3.8, 4) is 0 Å². The maximum absolute atomic E-state index is 12.1. The summed E-state index contributed by atoms with van der Waals surface area (Å²) in [5.41, 5.74) is 0.855. The number of aromatic nitrogens is 2. The highest BCUT2D eigenvalue weighted by Gasteiger charge is 2.12. The minimum atomic E-state index is -0.678. The smallest absolute Gasteiger partial charge is 0.325 e. The van der Waals surface area contributed by atoms with Crippen molar-refractivity contribution < 1.29 is 19.1 Å². The molecular weight excluding hydrogens is 396 g/mol. The van der Waals surface area contributed by atoms with Crippen LogP contribution in [-0.4, -0.2) is 40.7 Å². The number of hydrogen-bond acceptors (Lipinski definition) is 5. The number of rotatable bonds is 10. The lowest BCUT2D eigenvalue weighted by atomic mass is 10.1. The Kier molecular flexibility index (Phi) is 8.67. The van der Waals surface area contributed by atoms with Crippen molar-refractivity contribution in [2.24, 2.45) is 5.92 Å². The molecule has 156 valence electrons.